The molecule has 122 valence electrons. The third-order valence-electron chi connectivity index (χ3n) is 2.84. The summed E-state index contributed by atoms with van der Waals surface area (Å²) in [6, 6.07) is 16.9. The molecule has 2 aromatic carbocycles. The largest absolute Gasteiger partial charge is 0.508 e. The highest BCUT2D eigenvalue weighted by molar-refractivity contribution is 5.59. The van der Waals surface area contributed by atoms with Crippen molar-refractivity contribution in [3.05, 3.63) is 54.6 Å². The van der Waals surface area contributed by atoms with E-state index in [1.54, 1.807) is 6.92 Å². The quantitative estimate of drug-likeness (QED) is 0.533. The van der Waals surface area contributed by atoms with Crippen LogP contribution < -0.4 is 9.47 Å². The fraction of sp³-hybridized carbons (Fsp3) is 0.278. The molecule has 2 rings (SSSR count). The summed E-state index contributed by atoms with van der Waals surface area (Å²) in [6.07, 6.45) is -0.0453. The van der Waals surface area contributed by atoms with Crippen molar-refractivity contribution in [1.82, 2.24) is 0 Å². The zero-order chi connectivity index (χ0) is 16.3. The lowest BCUT2D eigenvalue weighted by Gasteiger charge is -2.09. The summed E-state index contributed by atoms with van der Waals surface area (Å²) in [5.41, 5.74) is 0. The lowest BCUT2D eigenvalue weighted by Crippen LogP contribution is -2.10. The summed E-state index contributed by atoms with van der Waals surface area (Å²) in [7, 11) is 0. The number of hydrogen-bond donors (Lipinski definition) is 0. The monoisotopic (exact) mass is 316 g/mol. The predicted molar refractivity (Wildman–Crippen MR) is 86.0 cm³/mol. The lowest BCUT2D eigenvalue weighted by atomic mass is 10.3. The molecule has 0 fully saturated rings. The molecule has 2 aromatic rings. The molecule has 0 aliphatic carbocycles. The average molecular weight is 316 g/mol. The van der Waals surface area contributed by atoms with Crippen LogP contribution in [-0.4, -0.2) is 26.0 Å². The number of benzene rings is 2. The van der Waals surface area contributed by atoms with Crippen LogP contribution in [0.5, 0.6) is 17.2 Å². The van der Waals surface area contributed by atoms with Crippen molar-refractivity contribution in [2.24, 2.45) is 0 Å². The van der Waals surface area contributed by atoms with E-state index >= 15 is 0 Å². The molecular weight excluding hydrogens is 296 g/mol. The zero-order valence-corrected chi connectivity index (χ0v) is 13.1. The van der Waals surface area contributed by atoms with Crippen LogP contribution in [0.1, 0.15) is 13.3 Å². The Morgan fingerprint density at radius 1 is 0.826 bits per heavy atom. The summed E-state index contributed by atoms with van der Waals surface area (Å²) in [5.74, 6) is 2.27. The Morgan fingerprint density at radius 2 is 1.48 bits per heavy atom. The van der Waals surface area contributed by atoms with Gasteiger partial charge in [-0.25, -0.2) is 4.79 Å². The molecule has 23 heavy (non-hydrogen) atoms. The van der Waals surface area contributed by atoms with Gasteiger partial charge in [-0.2, -0.15) is 0 Å². The maximum absolute atomic E-state index is 11.0. The Labute approximate surface area is 135 Å². The van der Waals surface area contributed by atoms with Gasteiger partial charge in [0, 0.05) is 6.42 Å². The van der Waals surface area contributed by atoms with Crippen molar-refractivity contribution in [2.45, 2.75) is 13.3 Å². The van der Waals surface area contributed by atoms with Crippen molar-refractivity contribution in [3.8, 4) is 17.2 Å². The minimum Gasteiger partial charge on any atom is -0.493 e. The number of ether oxygens (including phenoxy) is 4. The minimum atomic E-state index is -0.644. The highest BCUT2D eigenvalue weighted by atomic mass is 16.7. The van der Waals surface area contributed by atoms with E-state index in [4.69, 9.17) is 14.2 Å². The first-order chi connectivity index (χ1) is 11.3. The molecule has 0 spiro atoms. The van der Waals surface area contributed by atoms with Gasteiger partial charge >= 0.3 is 6.16 Å². The van der Waals surface area contributed by atoms with Crippen LogP contribution in [0.2, 0.25) is 0 Å². The van der Waals surface area contributed by atoms with Crippen LogP contribution >= 0.6 is 0 Å². The first-order valence-electron chi connectivity index (χ1n) is 7.53. The third-order valence-corrected chi connectivity index (χ3v) is 2.84. The van der Waals surface area contributed by atoms with E-state index in [2.05, 4.69) is 4.74 Å². The number of carbonyl (C=O) groups excluding carboxylic acids is 1. The first-order valence-corrected chi connectivity index (χ1v) is 7.53. The Bertz CT molecular complexity index is 580. The van der Waals surface area contributed by atoms with Crippen molar-refractivity contribution in [1.29, 1.82) is 0 Å². The third kappa shape index (κ3) is 6.30. The van der Waals surface area contributed by atoms with E-state index in [1.165, 1.54) is 0 Å². The van der Waals surface area contributed by atoms with E-state index in [-0.39, 0.29) is 6.61 Å². The van der Waals surface area contributed by atoms with Crippen molar-refractivity contribution in [2.75, 3.05) is 19.8 Å². The van der Waals surface area contributed by atoms with E-state index < -0.39 is 6.16 Å². The molecule has 0 bridgehead atoms. The molecule has 0 radical (unpaired) electrons. The minimum absolute atomic E-state index is 0.272. The molecule has 0 aliphatic heterocycles. The summed E-state index contributed by atoms with van der Waals surface area (Å²) in [4.78, 5) is 11.0. The highest BCUT2D eigenvalue weighted by Gasteiger charge is 2.02. The average Bonchev–Trinajstić information content (AvgIpc) is 2.57. The predicted octanol–water partition coefficient (Wildman–Crippen LogP) is 4.42. The van der Waals surface area contributed by atoms with Crippen LogP contribution in [0.15, 0.2) is 54.6 Å². The van der Waals surface area contributed by atoms with Gasteiger partial charge in [-0.1, -0.05) is 18.2 Å². The summed E-state index contributed by atoms with van der Waals surface area (Å²) < 4.78 is 20.8. The van der Waals surface area contributed by atoms with E-state index in [0.29, 0.717) is 19.6 Å². The van der Waals surface area contributed by atoms with Gasteiger partial charge in [-0.05, 0) is 43.3 Å². The van der Waals surface area contributed by atoms with E-state index in [0.717, 1.165) is 17.2 Å². The molecule has 0 aliphatic rings. The van der Waals surface area contributed by atoms with Crippen LogP contribution in [0, 0.1) is 0 Å². The smallest absolute Gasteiger partial charge is 0.493 e. The van der Waals surface area contributed by atoms with Crippen molar-refractivity contribution < 1.29 is 23.7 Å². The second-order valence-corrected chi connectivity index (χ2v) is 4.62. The van der Waals surface area contributed by atoms with E-state index in [9.17, 15) is 4.79 Å². The second kappa shape index (κ2) is 9.35. The van der Waals surface area contributed by atoms with Crippen molar-refractivity contribution >= 4 is 6.16 Å². The number of rotatable bonds is 8. The second-order valence-electron chi connectivity index (χ2n) is 4.62. The van der Waals surface area contributed by atoms with Crippen LogP contribution in [0.3, 0.4) is 0 Å². The fourth-order valence-electron chi connectivity index (χ4n) is 1.79. The molecular formula is C18H20O5. The van der Waals surface area contributed by atoms with Crippen LogP contribution in [0.25, 0.3) is 0 Å². The topological polar surface area (TPSA) is 54.0 Å². The highest BCUT2D eigenvalue weighted by Crippen LogP contribution is 2.23. The molecule has 0 N–H and O–H groups in total. The molecule has 0 saturated heterocycles. The standard InChI is InChI=1S/C18H20O5/c1-2-20-18(19)22-14-6-13-21-15-9-11-17(12-10-15)23-16-7-4-3-5-8-16/h3-5,7-12H,2,6,13-14H2,1H3. The van der Waals surface area contributed by atoms with E-state index in [1.807, 2.05) is 54.6 Å². The summed E-state index contributed by atoms with van der Waals surface area (Å²) in [6.45, 7) is 2.77. The molecule has 0 heterocycles. The van der Waals surface area contributed by atoms with Gasteiger partial charge in [0.15, 0.2) is 0 Å². The Kier molecular flexibility index (Phi) is 6.78. The molecule has 0 unspecified atom stereocenters. The van der Waals surface area contributed by atoms with Gasteiger partial charge in [-0.3, -0.25) is 0 Å². The molecule has 0 aromatic heterocycles. The summed E-state index contributed by atoms with van der Waals surface area (Å²) >= 11 is 0. The maximum atomic E-state index is 11.0. The Hall–Kier alpha value is -2.69. The Balaban J connectivity index is 1.68. The molecule has 0 saturated carbocycles. The first kappa shape index (κ1) is 16.7. The molecule has 0 atom stereocenters. The lowest BCUT2D eigenvalue weighted by molar-refractivity contribution is 0.0556. The molecule has 5 heteroatoms. The van der Waals surface area contributed by atoms with Gasteiger partial charge < -0.3 is 18.9 Å². The number of carbonyl (C=O) groups is 1. The van der Waals surface area contributed by atoms with Gasteiger partial charge in [0.2, 0.25) is 0 Å². The van der Waals surface area contributed by atoms with Gasteiger partial charge in [0.25, 0.3) is 0 Å². The Morgan fingerprint density at radius 3 is 2.17 bits per heavy atom. The van der Waals surface area contributed by atoms with Crippen molar-refractivity contribution in [3.63, 3.8) is 0 Å². The normalized spacial score (nSPS) is 9.96. The molecule has 5 nitrogen and oxygen atoms in total. The molecule has 0 amide bonds. The van der Waals surface area contributed by atoms with Gasteiger partial charge in [0.05, 0.1) is 19.8 Å². The number of hydrogen-bond acceptors (Lipinski definition) is 5. The van der Waals surface area contributed by atoms with Gasteiger partial charge in [-0.15, -0.1) is 0 Å². The summed E-state index contributed by atoms with van der Waals surface area (Å²) in [5, 5.41) is 0. The fourth-order valence-corrected chi connectivity index (χ4v) is 1.79. The van der Waals surface area contributed by atoms with Crippen LogP contribution in [-0.2, 0) is 9.47 Å². The van der Waals surface area contributed by atoms with Gasteiger partial charge in [0.1, 0.15) is 17.2 Å². The SMILES string of the molecule is CCOC(=O)OCCCOc1ccc(Oc2ccccc2)cc1. The zero-order valence-electron chi connectivity index (χ0n) is 13.1. The maximum Gasteiger partial charge on any atom is 0.508 e. The van der Waals surface area contributed by atoms with Crippen LogP contribution in [0.4, 0.5) is 4.79 Å². The number of para-hydroxylation sites is 1.